The number of nitrogens with two attached hydrogens (primary N) is 1. The van der Waals surface area contributed by atoms with Crippen molar-refractivity contribution in [2.24, 2.45) is 5.73 Å². The van der Waals surface area contributed by atoms with Gasteiger partial charge in [-0.3, -0.25) is 4.79 Å². The van der Waals surface area contributed by atoms with E-state index in [1.807, 2.05) is 19.1 Å². The largest absolute Gasteiger partial charge is 0.368 e. The minimum absolute atomic E-state index is 0.489. The van der Waals surface area contributed by atoms with Gasteiger partial charge in [-0.2, -0.15) is 0 Å². The predicted octanol–water partition coefficient (Wildman–Crippen LogP) is 1.55. The van der Waals surface area contributed by atoms with Crippen LogP contribution in [-0.2, 0) is 9.67 Å². The van der Waals surface area contributed by atoms with E-state index in [1.165, 1.54) is 0 Å². The van der Waals surface area contributed by atoms with E-state index in [0.717, 1.165) is 38.4 Å². The summed E-state index contributed by atoms with van der Waals surface area (Å²) in [6, 6.07) is 5.64. The van der Waals surface area contributed by atoms with Crippen LogP contribution >= 0.6 is 11.6 Å². The number of alkyl halides is 1. The van der Waals surface area contributed by atoms with Crippen molar-refractivity contribution in [3.63, 3.8) is 0 Å². The average Bonchev–Trinajstić information content (AvgIpc) is 2.48. The number of hydrogen-bond donors (Lipinski definition) is 1. The van der Waals surface area contributed by atoms with Crippen molar-refractivity contribution in [2.75, 3.05) is 38.1 Å². The van der Waals surface area contributed by atoms with Crippen LogP contribution in [0.2, 0.25) is 0 Å². The molecule has 0 radical (unpaired) electrons. The Bertz CT molecular complexity index is 502. The van der Waals surface area contributed by atoms with Crippen molar-refractivity contribution in [3.05, 3.63) is 23.9 Å². The van der Waals surface area contributed by atoms with Gasteiger partial charge in [0.15, 0.2) is 4.87 Å². The molecular formula is C15H23ClN4O. The second-order valence-corrected chi connectivity index (χ2v) is 6.23. The zero-order valence-corrected chi connectivity index (χ0v) is 13.4. The highest BCUT2D eigenvalue weighted by atomic mass is 35.5. The van der Waals surface area contributed by atoms with E-state index in [-0.39, 0.29) is 0 Å². The fourth-order valence-corrected chi connectivity index (χ4v) is 2.87. The quantitative estimate of drug-likeness (QED) is 0.838. The molecule has 6 heteroatoms. The molecular weight excluding hydrogens is 288 g/mol. The third-order valence-electron chi connectivity index (χ3n) is 3.95. The van der Waals surface area contributed by atoms with Gasteiger partial charge in [0.25, 0.3) is 0 Å². The predicted molar refractivity (Wildman–Crippen MR) is 85.6 cm³/mol. The van der Waals surface area contributed by atoms with Crippen molar-refractivity contribution < 1.29 is 4.79 Å². The fraction of sp³-hybridized carbons (Fsp3) is 0.600. The number of halogens is 1. The Morgan fingerprint density at radius 2 is 2.05 bits per heavy atom. The smallest absolute Gasteiger partial charge is 0.244 e. The van der Waals surface area contributed by atoms with Gasteiger partial charge >= 0.3 is 0 Å². The molecule has 1 unspecified atom stereocenters. The lowest BCUT2D eigenvalue weighted by Crippen LogP contribution is -2.45. The Labute approximate surface area is 131 Å². The SMILES string of the molecule is CCCC(Cl)(C(N)=O)c1cccc(N2CCN(C)CC2)n1. The van der Waals surface area contributed by atoms with Gasteiger partial charge < -0.3 is 15.5 Å². The van der Waals surface area contributed by atoms with E-state index in [2.05, 4.69) is 21.8 Å². The minimum Gasteiger partial charge on any atom is -0.368 e. The Hall–Kier alpha value is -1.33. The number of likely N-dealkylation sites (N-methyl/N-ethyl adjacent to an activating group) is 1. The summed E-state index contributed by atoms with van der Waals surface area (Å²) in [7, 11) is 2.11. The summed E-state index contributed by atoms with van der Waals surface area (Å²) in [6.45, 7) is 5.83. The highest BCUT2D eigenvalue weighted by Crippen LogP contribution is 2.33. The molecule has 1 aliphatic heterocycles. The molecule has 1 aromatic rings. The molecule has 2 heterocycles. The average molecular weight is 311 g/mol. The molecule has 116 valence electrons. The van der Waals surface area contributed by atoms with Gasteiger partial charge in [0.1, 0.15) is 5.82 Å². The van der Waals surface area contributed by atoms with Gasteiger partial charge in [0.2, 0.25) is 5.91 Å². The highest BCUT2D eigenvalue weighted by molar-refractivity contribution is 6.34. The summed E-state index contributed by atoms with van der Waals surface area (Å²) >= 11 is 6.47. The molecule has 2 N–H and O–H groups in total. The molecule has 2 rings (SSSR count). The van der Waals surface area contributed by atoms with Crippen LogP contribution in [0.3, 0.4) is 0 Å². The van der Waals surface area contributed by atoms with Crippen LogP contribution in [0, 0.1) is 0 Å². The van der Waals surface area contributed by atoms with E-state index in [1.54, 1.807) is 6.07 Å². The fourth-order valence-electron chi connectivity index (χ4n) is 2.58. The zero-order valence-electron chi connectivity index (χ0n) is 12.7. The van der Waals surface area contributed by atoms with Gasteiger partial charge in [0.05, 0.1) is 5.69 Å². The number of carbonyl (C=O) groups excluding carboxylic acids is 1. The number of hydrogen-bond acceptors (Lipinski definition) is 4. The summed E-state index contributed by atoms with van der Waals surface area (Å²) in [5.74, 6) is 0.331. The lowest BCUT2D eigenvalue weighted by Gasteiger charge is -2.34. The standard InChI is InChI=1S/C15H23ClN4O/c1-3-7-15(16,14(17)21)12-5-4-6-13(18-12)20-10-8-19(2)9-11-20/h4-6H,3,7-11H2,1-2H3,(H2,17,21). The van der Waals surface area contributed by atoms with Crippen LogP contribution in [0.1, 0.15) is 25.5 Å². The molecule has 0 saturated carbocycles. The highest BCUT2D eigenvalue weighted by Gasteiger charge is 2.37. The molecule has 1 atom stereocenters. The Kier molecular flexibility index (Phi) is 5.06. The van der Waals surface area contributed by atoms with Gasteiger partial charge in [0, 0.05) is 26.2 Å². The first kappa shape index (κ1) is 16.0. The molecule has 1 amide bonds. The van der Waals surface area contributed by atoms with Crippen molar-refractivity contribution in [1.29, 1.82) is 0 Å². The molecule has 0 bridgehead atoms. The molecule has 1 fully saturated rings. The number of piperazine rings is 1. The summed E-state index contributed by atoms with van der Waals surface area (Å²) in [5, 5.41) is 0. The van der Waals surface area contributed by atoms with Crippen molar-refractivity contribution in [2.45, 2.75) is 24.6 Å². The van der Waals surface area contributed by atoms with E-state index in [9.17, 15) is 4.79 Å². The third kappa shape index (κ3) is 3.47. The number of pyridine rings is 1. The summed E-state index contributed by atoms with van der Waals surface area (Å²) in [4.78, 5) is 19.7. The second-order valence-electron chi connectivity index (χ2n) is 5.59. The van der Waals surface area contributed by atoms with Crippen LogP contribution in [0.15, 0.2) is 18.2 Å². The molecule has 0 aliphatic carbocycles. The molecule has 1 aromatic heterocycles. The molecule has 1 saturated heterocycles. The maximum atomic E-state index is 11.8. The van der Waals surface area contributed by atoms with Gasteiger partial charge in [-0.05, 0) is 25.6 Å². The second kappa shape index (κ2) is 6.62. The van der Waals surface area contributed by atoms with Crippen molar-refractivity contribution in [1.82, 2.24) is 9.88 Å². The summed E-state index contributed by atoms with van der Waals surface area (Å²) in [5.41, 5.74) is 6.06. The van der Waals surface area contributed by atoms with Crippen LogP contribution in [0.25, 0.3) is 0 Å². The first-order chi connectivity index (χ1) is 9.97. The van der Waals surface area contributed by atoms with Gasteiger partial charge in [-0.15, -0.1) is 11.6 Å². The number of amides is 1. The van der Waals surface area contributed by atoms with Crippen LogP contribution in [-0.4, -0.2) is 49.0 Å². The number of aromatic nitrogens is 1. The maximum absolute atomic E-state index is 11.8. The van der Waals surface area contributed by atoms with Crippen molar-refractivity contribution >= 4 is 23.3 Å². The Balaban J connectivity index is 2.26. The van der Waals surface area contributed by atoms with Gasteiger partial charge in [-0.25, -0.2) is 4.98 Å². The monoisotopic (exact) mass is 310 g/mol. The molecule has 1 aliphatic rings. The van der Waals surface area contributed by atoms with E-state index < -0.39 is 10.8 Å². The minimum atomic E-state index is -1.21. The van der Waals surface area contributed by atoms with E-state index in [4.69, 9.17) is 17.3 Å². The molecule has 21 heavy (non-hydrogen) atoms. The Morgan fingerprint density at radius 3 is 2.62 bits per heavy atom. The number of anilines is 1. The molecule has 0 spiro atoms. The van der Waals surface area contributed by atoms with Gasteiger partial charge in [-0.1, -0.05) is 19.4 Å². The topological polar surface area (TPSA) is 62.5 Å². The molecule has 5 nitrogen and oxygen atoms in total. The number of primary amides is 1. The molecule has 0 aromatic carbocycles. The lowest BCUT2D eigenvalue weighted by molar-refractivity contribution is -0.121. The third-order valence-corrected chi connectivity index (χ3v) is 4.52. The van der Waals surface area contributed by atoms with Crippen LogP contribution in [0.5, 0.6) is 0 Å². The van der Waals surface area contributed by atoms with E-state index in [0.29, 0.717) is 12.1 Å². The number of nitrogens with zero attached hydrogens (tertiary/aromatic N) is 3. The Morgan fingerprint density at radius 1 is 1.38 bits per heavy atom. The first-order valence-electron chi connectivity index (χ1n) is 7.37. The lowest BCUT2D eigenvalue weighted by atomic mass is 9.97. The summed E-state index contributed by atoms with van der Waals surface area (Å²) in [6.07, 6.45) is 1.26. The van der Waals surface area contributed by atoms with Crippen molar-refractivity contribution in [3.8, 4) is 0 Å². The summed E-state index contributed by atoms with van der Waals surface area (Å²) < 4.78 is 0. The number of rotatable bonds is 5. The van der Waals surface area contributed by atoms with E-state index >= 15 is 0 Å². The zero-order chi connectivity index (χ0) is 15.5. The van der Waals surface area contributed by atoms with Crippen LogP contribution in [0.4, 0.5) is 5.82 Å². The first-order valence-corrected chi connectivity index (χ1v) is 7.75. The van der Waals surface area contributed by atoms with Crippen LogP contribution < -0.4 is 10.6 Å². The maximum Gasteiger partial charge on any atom is 0.244 e. The number of carbonyl (C=O) groups is 1. The normalized spacial score (nSPS) is 19.3.